The molecule has 0 aliphatic carbocycles. The van der Waals surface area contributed by atoms with E-state index in [1.165, 1.54) is 18.2 Å². The summed E-state index contributed by atoms with van der Waals surface area (Å²) < 4.78 is 32.6. The van der Waals surface area contributed by atoms with E-state index in [-0.39, 0.29) is 23.9 Å². The highest BCUT2D eigenvalue weighted by molar-refractivity contribution is 5.78. The van der Waals surface area contributed by atoms with Gasteiger partial charge in [-0.25, -0.2) is 8.78 Å². The molecule has 2 aliphatic rings. The Morgan fingerprint density at radius 1 is 1.12 bits per heavy atom. The molecule has 4 nitrogen and oxygen atoms in total. The Morgan fingerprint density at radius 2 is 1.75 bits per heavy atom. The molecule has 6 heteroatoms. The number of halogens is 2. The molecule has 1 aromatic rings. The molecule has 2 saturated heterocycles. The van der Waals surface area contributed by atoms with Gasteiger partial charge in [0.1, 0.15) is 11.6 Å². The van der Waals surface area contributed by atoms with Crippen LogP contribution in [0.3, 0.4) is 0 Å². The lowest BCUT2D eigenvalue weighted by molar-refractivity contribution is -0.127. The van der Waals surface area contributed by atoms with E-state index in [1.54, 1.807) is 0 Å². The van der Waals surface area contributed by atoms with Gasteiger partial charge in [-0.15, -0.1) is 0 Å². The summed E-state index contributed by atoms with van der Waals surface area (Å²) in [5, 5.41) is 2.69. The summed E-state index contributed by atoms with van der Waals surface area (Å²) in [7, 11) is 0. The molecule has 0 spiro atoms. The van der Waals surface area contributed by atoms with E-state index in [0.717, 1.165) is 52.0 Å². The number of ether oxygens (including phenoxy) is 1. The number of rotatable bonds is 4. The molecule has 0 aromatic heterocycles. The number of likely N-dealkylation sites (tertiary alicyclic amines) is 1. The number of hydrogen-bond acceptors (Lipinski definition) is 3. The molecule has 1 amide bonds. The largest absolute Gasteiger partial charge is 0.381 e. The van der Waals surface area contributed by atoms with Crippen LogP contribution in [0.2, 0.25) is 0 Å². The maximum absolute atomic E-state index is 13.6. The molecule has 2 fully saturated rings. The van der Waals surface area contributed by atoms with Crippen molar-refractivity contribution in [3.63, 3.8) is 0 Å². The Morgan fingerprint density at radius 3 is 2.38 bits per heavy atom. The lowest BCUT2D eigenvalue weighted by atomic mass is 9.93. The SMILES string of the molecule is O=C(NCc1c(F)cccc1F)C1CCN(C2CCOCC2)CC1. The zero-order valence-electron chi connectivity index (χ0n) is 13.8. The minimum absolute atomic E-state index is 0.0732. The predicted molar refractivity (Wildman–Crippen MR) is 86.3 cm³/mol. The van der Waals surface area contributed by atoms with Gasteiger partial charge in [-0.3, -0.25) is 4.79 Å². The second-order valence-corrected chi connectivity index (χ2v) is 6.57. The molecule has 132 valence electrons. The molecular formula is C18H24F2N2O2. The minimum atomic E-state index is -0.621. The number of nitrogens with one attached hydrogen (secondary N) is 1. The van der Waals surface area contributed by atoms with Crippen molar-refractivity contribution in [2.45, 2.75) is 38.3 Å². The van der Waals surface area contributed by atoms with Gasteiger partial charge in [-0.05, 0) is 50.9 Å². The quantitative estimate of drug-likeness (QED) is 0.917. The first-order chi connectivity index (χ1) is 11.6. The summed E-state index contributed by atoms with van der Waals surface area (Å²) in [6.45, 7) is 3.34. The van der Waals surface area contributed by atoms with Crippen molar-refractivity contribution in [2.75, 3.05) is 26.3 Å². The predicted octanol–water partition coefficient (Wildman–Crippen LogP) is 2.47. The van der Waals surface area contributed by atoms with E-state index < -0.39 is 11.6 Å². The van der Waals surface area contributed by atoms with Gasteiger partial charge < -0.3 is 15.0 Å². The zero-order chi connectivity index (χ0) is 16.9. The number of carbonyl (C=O) groups excluding carboxylic acids is 1. The van der Waals surface area contributed by atoms with Crippen LogP contribution < -0.4 is 5.32 Å². The average molecular weight is 338 g/mol. The van der Waals surface area contributed by atoms with Crippen LogP contribution >= 0.6 is 0 Å². The Balaban J connectivity index is 1.47. The molecule has 1 N–H and O–H groups in total. The van der Waals surface area contributed by atoms with Crippen LogP contribution in [0, 0.1) is 17.6 Å². The minimum Gasteiger partial charge on any atom is -0.381 e. The van der Waals surface area contributed by atoms with E-state index >= 15 is 0 Å². The molecule has 0 unspecified atom stereocenters. The summed E-state index contributed by atoms with van der Waals surface area (Å²) in [4.78, 5) is 14.7. The van der Waals surface area contributed by atoms with E-state index in [1.807, 2.05) is 0 Å². The number of piperidine rings is 1. The maximum Gasteiger partial charge on any atom is 0.223 e. The Hall–Kier alpha value is -1.53. The third-order valence-corrected chi connectivity index (χ3v) is 5.11. The van der Waals surface area contributed by atoms with Gasteiger partial charge >= 0.3 is 0 Å². The second-order valence-electron chi connectivity index (χ2n) is 6.57. The highest BCUT2D eigenvalue weighted by Crippen LogP contribution is 2.23. The van der Waals surface area contributed by atoms with E-state index in [4.69, 9.17) is 4.74 Å². The van der Waals surface area contributed by atoms with Gasteiger partial charge in [0.15, 0.2) is 0 Å². The third-order valence-electron chi connectivity index (χ3n) is 5.11. The molecule has 0 radical (unpaired) electrons. The normalized spacial score (nSPS) is 20.9. The van der Waals surface area contributed by atoms with Crippen LogP contribution in [-0.2, 0) is 16.1 Å². The number of carbonyl (C=O) groups is 1. The molecule has 0 saturated carbocycles. The Bertz CT molecular complexity index is 548. The third kappa shape index (κ3) is 4.11. The molecule has 24 heavy (non-hydrogen) atoms. The highest BCUT2D eigenvalue weighted by atomic mass is 19.1. The number of amides is 1. The summed E-state index contributed by atoms with van der Waals surface area (Å²) in [5.74, 6) is -1.42. The van der Waals surface area contributed by atoms with Crippen LogP contribution in [-0.4, -0.2) is 43.2 Å². The molecular weight excluding hydrogens is 314 g/mol. The van der Waals surface area contributed by atoms with Crippen LogP contribution in [0.5, 0.6) is 0 Å². The van der Waals surface area contributed by atoms with Crippen molar-refractivity contribution in [2.24, 2.45) is 5.92 Å². The van der Waals surface area contributed by atoms with Crippen molar-refractivity contribution in [3.05, 3.63) is 35.4 Å². The molecule has 1 aromatic carbocycles. The van der Waals surface area contributed by atoms with Crippen LogP contribution in [0.1, 0.15) is 31.2 Å². The fourth-order valence-corrected chi connectivity index (χ4v) is 3.60. The van der Waals surface area contributed by atoms with Crippen molar-refractivity contribution in [3.8, 4) is 0 Å². The second kappa shape index (κ2) is 8.03. The van der Waals surface area contributed by atoms with Crippen LogP contribution in [0.15, 0.2) is 18.2 Å². The smallest absolute Gasteiger partial charge is 0.223 e. The van der Waals surface area contributed by atoms with Crippen molar-refractivity contribution in [1.29, 1.82) is 0 Å². The molecule has 2 heterocycles. The van der Waals surface area contributed by atoms with Crippen molar-refractivity contribution >= 4 is 5.91 Å². The number of hydrogen-bond donors (Lipinski definition) is 1. The first-order valence-electron chi connectivity index (χ1n) is 8.67. The molecule has 3 rings (SSSR count). The topological polar surface area (TPSA) is 41.6 Å². The lowest BCUT2D eigenvalue weighted by Gasteiger charge is -2.38. The van der Waals surface area contributed by atoms with Gasteiger partial charge in [-0.2, -0.15) is 0 Å². The standard InChI is InChI=1S/C18H24F2N2O2/c19-16-2-1-3-17(20)15(16)12-21-18(23)13-4-8-22(9-5-13)14-6-10-24-11-7-14/h1-3,13-14H,4-12H2,(H,21,23). The number of benzene rings is 1. The van der Waals surface area contributed by atoms with Gasteiger partial charge in [0.25, 0.3) is 0 Å². The monoisotopic (exact) mass is 338 g/mol. The number of nitrogens with zero attached hydrogens (tertiary/aromatic N) is 1. The summed E-state index contributed by atoms with van der Waals surface area (Å²) in [6, 6.07) is 4.30. The molecule has 2 aliphatic heterocycles. The fourth-order valence-electron chi connectivity index (χ4n) is 3.60. The van der Waals surface area contributed by atoms with Gasteiger partial charge in [0.2, 0.25) is 5.91 Å². The van der Waals surface area contributed by atoms with Gasteiger partial charge in [-0.1, -0.05) is 6.07 Å². The van der Waals surface area contributed by atoms with Gasteiger partial charge in [0, 0.05) is 37.3 Å². The van der Waals surface area contributed by atoms with Crippen LogP contribution in [0.25, 0.3) is 0 Å². The molecule has 0 atom stereocenters. The van der Waals surface area contributed by atoms with Gasteiger partial charge in [0.05, 0.1) is 0 Å². The van der Waals surface area contributed by atoms with Crippen molar-refractivity contribution < 1.29 is 18.3 Å². The first kappa shape index (κ1) is 17.3. The van der Waals surface area contributed by atoms with E-state index in [9.17, 15) is 13.6 Å². The summed E-state index contributed by atoms with van der Waals surface area (Å²) in [6.07, 6.45) is 3.71. The lowest BCUT2D eigenvalue weighted by Crippen LogP contribution is -2.46. The summed E-state index contributed by atoms with van der Waals surface area (Å²) >= 11 is 0. The Labute approximate surface area is 141 Å². The van der Waals surface area contributed by atoms with E-state index in [0.29, 0.717) is 6.04 Å². The maximum atomic E-state index is 13.6. The van der Waals surface area contributed by atoms with Crippen molar-refractivity contribution in [1.82, 2.24) is 10.2 Å². The first-order valence-corrected chi connectivity index (χ1v) is 8.67. The molecule has 0 bridgehead atoms. The van der Waals surface area contributed by atoms with E-state index in [2.05, 4.69) is 10.2 Å². The Kier molecular flexibility index (Phi) is 5.79. The zero-order valence-corrected chi connectivity index (χ0v) is 13.8. The summed E-state index contributed by atoms with van der Waals surface area (Å²) in [5.41, 5.74) is -0.0782. The average Bonchev–Trinajstić information content (AvgIpc) is 2.62. The fraction of sp³-hybridized carbons (Fsp3) is 0.611. The highest BCUT2D eigenvalue weighted by Gasteiger charge is 2.29. The van der Waals surface area contributed by atoms with Crippen LogP contribution in [0.4, 0.5) is 8.78 Å².